The second kappa shape index (κ2) is 6.38. The van der Waals surface area contributed by atoms with E-state index in [1.165, 1.54) is 0 Å². The molecule has 0 saturated heterocycles. The van der Waals surface area contributed by atoms with E-state index in [1.807, 2.05) is 32.0 Å². The zero-order valence-electron chi connectivity index (χ0n) is 10.9. The number of hydrogen-bond donors (Lipinski definition) is 1. The highest BCUT2D eigenvalue weighted by Gasteiger charge is 2.05. The Labute approximate surface area is 117 Å². The van der Waals surface area contributed by atoms with Crippen LogP contribution in [0, 0.1) is 6.92 Å². The summed E-state index contributed by atoms with van der Waals surface area (Å²) in [5.41, 5.74) is 1.04. The van der Waals surface area contributed by atoms with E-state index in [9.17, 15) is 0 Å². The van der Waals surface area contributed by atoms with Crippen molar-refractivity contribution in [2.75, 3.05) is 11.9 Å². The Balaban J connectivity index is 1.84. The predicted octanol–water partition coefficient (Wildman–Crippen LogP) is 3.32. The van der Waals surface area contributed by atoms with Gasteiger partial charge in [0.2, 0.25) is 5.95 Å². The third-order valence-corrected chi connectivity index (χ3v) is 2.70. The van der Waals surface area contributed by atoms with Crippen LogP contribution in [0.15, 0.2) is 36.7 Å². The molecule has 0 aliphatic carbocycles. The molecule has 0 aliphatic heterocycles. The highest BCUT2D eigenvalue weighted by atomic mass is 35.5. The third-order valence-electron chi connectivity index (χ3n) is 2.46. The lowest BCUT2D eigenvalue weighted by Crippen LogP contribution is -2.23. The fraction of sp³-hybridized carbons (Fsp3) is 0.286. The maximum absolute atomic E-state index is 5.90. The monoisotopic (exact) mass is 277 g/mol. The largest absolute Gasteiger partial charge is 0.489 e. The third kappa shape index (κ3) is 4.41. The first kappa shape index (κ1) is 13.6. The number of halogens is 1. The van der Waals surface area contributed by atoms with E-state index in [1.54, 1.807) is 18.5 Å². The maximum atomic E-state index is 5.90. The van der Waals surface area contributed by atoms with Crippen molar-refractivity contribution in [2.45, 2.75) is 20.0 Å². The van der Waals surface area contributed by atoms with Gasteiger partial charge in [0.05, 0.1) is 6.54 Å². The van der Waals surface area contributed by atoms with Gasteiger partial charge < -0.3 is 10.1 Å². The summed E-state index contributed by atoms with van der Waals surface area (Å²) in [5.74, 6) is 1.36. The normalized spacial score (nSPS) is 11.9. The second-order valence-corrected chi connectivity index (χ2v) is 4.79. The van der Waals surface area contributed by atoms with Gasteiger partial charge in [-0.1, -0.05) is 17.7 Å². The van der Waals surface area contributed by atoms with Crippen LogP contribution in [0.3, 0.4) is 0 Å². The summed E-state index contributed by atoms with van der Waals surface area (Å²) in [6, 6.07) is 7.35. The average molecular weight is 278 g/mol. The first-order valence-electron chi connectivity index (χ1n) is 6.08. The number of ether oxygens (including phenoxy) is 1. The van der Waals surface area contributed by atoms with E-state index in [0.29, 0.717) is 17.5 Å². The Morgan fingerprint density at radius 2 is 2.05 bits per heavy atom. The van der Waals surface area contributed by atoms with Gasteiger partial charge in [-0.25, -0.2) is 9.97 Å². The van der Waals surface area contributed by atoms with Crippen LogP contribution in [-0.2, 0) is 0 Å². The number of nitrogens with zero attached hydrogens (tertiary/aromatic N) is 2. The molecule has 1 aromatic heterocycles. The molecule has 4 nitrogen and oxygen atoms in total. The van der Waals surface area contributed by atoms with Gasteiger partial charge in [0.1, 0.15) is 11.9 Å². The van der Waals surface area contributed by atoms with Crippen molar-refractivity contribution in [1.29, 1.82) is 0 Å². The van der Waals surface area contributed by atoms with Crippen LogP contribution in [0.4, 0.5) is 5.95 Å². The lowest BCUT2D eigenvalue weighted by Gasteiger charge is -2.15. The van der Waals surface area contributed by atoms with E-state index in [2.05, 4.69) is 15.3 Å². The van der Waals surface area contributed by atoms with E-state index < -0.39 is 0 Å². The van der Waals surface area contributed by atoms with E-state index in [-0.39, 0.29) is 6.10 Å². The van der Waals surface area contributed by atoms with Gasteiger partial charge >= 0.3 is 0 Å². The van der Waals surface area contributed by atoms with Crippen molar-refractivity contribution < 1.29 is 4.74 Å². The van der Waals surface area contributed by atoms with Gasteiger partial charge in [0.15, 0.2) is 0 Å². The molecule has 1 N–H and O–H groups in total. The number of benzene rings is 1. The zero-order valence-corrected chi connectivity index (χ0v) is 11.7. The standard InChI is InChI=1S/C14H16ClN3O/c1-10-7-16-14(17-8-10)18-9-11(2)19-13-5-3-4-12(15)6-13/h3-8,11H,9H2,1-2H3,(H,16,17,18). The van der Waals surface area contributed by atoms with Crippen molar-refractivity contribution in [3.8, 4) is 5.75 Å². The molecule has 0 spiro atoms. The molecule has 0 bridgehead atoms. The van der Waals surface area contributed by atoms with E-state index in [0.717, 1.165) is 11.3 Å². The summed E-state index contributed by atoms with van der Waals surface area (Å²) in [6.45, 7) is 4.55. The number of hydrogen-bond acceptors (Lipinski definition) is 4. The molecular formula is C14H16ClN3O. The molecule has 5 heteroatoms. The Morgan fingerprint density at radius 3 is 2.74 bits per heavy atom. The molecule has 0 radical (unpaired) electrons. The first-order valence-corrected chi connectivity index (χ1v) is 6.46. The average Bonchev–Trinajstić information content (AvgIpc) is 2.38. The fourth-order valence-corrected chi connectivity index (χ4v) is 1.71. The summed E-state index contributed by atoms with van der Waals surface area (Å²) in [5, 5.41) is 3.79. The minimum absolute atomic E-state index is 0.0108. The number of nitrogens with one attached hydrogen (secondary N) is 1. The lowest BCUT2D eigenvalue weighted by atomic mass is 10.3. The molecule has 2 rings (SSSR count). The van der Waals surface area contributed by atoms with Gasteiger partial charge in [0, 0.05) is 17.4 Å². The van der Waals surface area contributed by atoms with Crippen LogP contribution in [0.5, 0.6) is 5.75 Å². The van der Waals surface area contributed by atoms with Crippen LogP contribution in [-0.4, -0.2) is 22.6 Å². The Morgan fingerprint density at radius 1 is 1.32 bits per heavy atom. The minimum Gasteiger partial charge on any atom is -0.489 e. The van der Waals surface area contributed by atoms with Crippen molar-refractivity contribution in [3.63, 3.8) is 0 Å². The van der Waals surface area contributed by atoms with Gasteiger partial charge in [-0.15, -0.1) is 0 Å². The van der Waals surface area contributed by atoms with Crippen LogP contribution in [0.2, 0.25) is 5.02 Å². The first-order chi connectivity index (χ1) is 9.13. The maximum Gasteiger partial charge on any atom is 0.222 e. The molecule has 1 aromatic carbocycles. The molecule has 0 aliphatic rings. The number of anilines is 1. The topological polar surface area (TPSA) is 47.0 Å². The Bertz CT molecular complexity index is 530. The molecule has 0 amide bonds. The van der Waals surface area contributed by atoms with Gasteiger partial charge in [-0.3, -0.25) is 0 Å². The van der Waals surface area contributed by atoms with Crippen molar-refractivity contribution in [3.05, 3.63) is 47.2 Å². The number of rotatable bonds is 5. The molecule has 0 saturated carbocycles. The fourth-order valence-electron chi connectivity index (χ4n) is 1.53. The van der Waals surface area contributed by atoms with Crippen LogP contribution in [0.25, 0.3) is 0 Å². The Hall–Kier alpha value is -1.81. The van der Waals surface area contributed by atoms with Crippen LogP contribution >= 0.6 is 11.6 Å². The predicted molar refractivity (Wildman–Crippen MR) is 76.8 cm³/mol. The second-order valence-electron chi connectivity index (χ2n) is 4.35. The van der Waals surface area contributed by atoms with Crippen molar-refractivity contribution in [1.82, 2.24) is 9.97 Å². The summed E-state index contributed by atoms with van der Waals surface area (Å²) >= 11 is 5.90. The van der Waals surface area contributed by atoms with Gasteiger partial charge in [-0.2, -0.15) is 0 Å². The van der Waals surface area contributed by atoms with Gasteiger partial charge in [-0.05, 0) is 37.6 Å². The van der Waals surface area contributed by atoms with Crippen LogP contribution in [0.1, 0.15) is 12.5 Å². The number of aromatic nitrogens is 2. The zero-order chi connectivity index (χ0) is 13.7. The smallest absolute Gasteiger partial charge is 0.222 e. The molecular weight excluding hydrogens is 262 g/mol. The minimum atomic E-state index is -0.0108. The molecule has 100 valence electrons. The molecule has 0 fully saturated rings. The summed E-state index contributed by atoms with van der Waals surface area (Å²) < 4.78 is 5.74. The van der Waals surface area contributed by atoms with Gasteiger partial charge in [0.25, 0.3) is 0 Å². The van der Waals surface area contributed by atoms with Crippen molar-refractivity contribution >= 4 is 17.5 Å². The molecule has 1 heterocycles. The SMILES string of the molecule is Cc1cnc(NCC(C)Oc2cccc(Cl)c2)nc1. The molecule has 1 unspecified atom stereocenters. The van der Waals surface area contributed by atoms with Crippen LogP contribution < -0.4 is 10.1 Å². The van der Waals surface area contributed by atoms with Crippen molar-refractivity contribution in [2.24, 2.45) is 0 Å². The lowest BCUT2D eigenvalue weighted by molar-refractivity contribution is 0.234. The molecule has 19 heavy (non-hydrogen) atoms. The summed E-state index contributed by atoms with van der Waals surface area (Å²) in [6.07, 6.45) is 3.54. The highest BCUT2D eigenvalue weighted by molar-refractivity contribution is 6.30. The molecule has 2 aromatic rings. The van der Waals surface area contributed by atoms with E-state index >= 15 is 0 Å². The molecule has 1 atom stereocenters. The highest BCUT2D eigenvalue weighted by Crippen LogP contribution is 2.18. The quantitative estimate of drug-likeness (QED) is 0.911. The van der Waals surface area contributed by atoms with E-state index in [4.69, 9.17) is 16.3 Å². The number of aryl methyl sites for hydroxylation is 1. The summed E-state index contributed by atoms with van der Waals surface area (Å²) in [7, 11) is 0. The Kier molecular flexibility index (Phi) is 4.58. The summed E-state index contributed by atoms with van der Waals surface area (Å²) in [4.78, 5) is 8.34.